The highest BCUT2D eigenvalue weighted by Gasteiger charge is 1.89. The lowest BCUT2D eigenvalue weighted by molar-refractivity contribution is -0.107. The van der Waals surface area contributed by atoms with E-state index < -0.39 is 5.24 Å². The number of allylic oxidation sites excluding steroid dienone is 1. The maximum absolute atomic E-state index is 12.4. The minimum Gasteiger partial charge on any atom is -0.276 e. The number of carbonyl (C=O) groups is 1. The van der Waals surface area contributed by atoms with Gasteiger partial charge in [-0.15, -0.1) is 0 Å². The Bertz CT molecular complexity index is 303. The van der Waals surface area contributed by atoms with Gasteiger partial charge in [-0.3, -0.25) is 4.79 Å². The number of hydrogen-bond donors (Lipinski definition) is 0. The van der Waals surface area contributed by atoms with E-state index in [4.69, 9.17) is 11.6 Å². The molecule has 1 aromatic rings. The molecule has 0 atom stereocenters. The van der Waals surface area contributed by atoms with Crippen LogP contribution in [0.1, 0.15) is 5.56 Å². The summed E-state index contributed by atoms with van der Waals surface area (Å²) in [6, 6.07) is 5.76. The summed E-state index contributed by atoms with van der Waals surface area (Å²) in [6.07, 6.45) is 2.74. The third-order valence-corrected chi connectivity index (χ3v) is 1.40. The van der Waals surface area contributed by atoms with Crippen molar-refractivity contribution in [1.82, 2.24) is 0 Å². The summed E-state index contributed by atoms with van der Waals surface area (Å²) in [7, 11) is 0. The molecule has 62 valence electrons. The molecule has 1 rings (SSSR count). The van der Waals surface area contributed by atoms with Crippen molar-refractivity contribution in [2.75, 3.05) is 0 Å². The molecule has 12 heavy (non-hydrogen) atoms. The zero-order chi connectivity index (χ0) is 8.97. The number of halogens is 2. The molecule has 0 bridgehead atoms. The van der Waals surface area contributed by atoms with Crippen LogP contribution in [0.4, 0.5) is 4.39 Å². The van der Waals surface area contributed by atoms with Gasteiger partial charge in [0.05, 0.1) is 0 Å². The van der Waals surface area contributed by atoms with Crippen molar-refractivity contribution in [3.63, 3.8) is 0 Å². The Kier molecular flexibility index (Phi) is 3.00. The Morgan fingerprint density at radius 3 is 2.42 bits per heavy atom. The first-order valence-corrected chi connectivity index (χ1v) is 3.69. The van der Waals surface area contributed by atoms with Crippen molar-refractivity contribution in [1.29, 1.82) is 0 Å². The minimum atomic E-state index is -0.542. The molecule has 0 aliphatic carbocycles. The molecule has 0 aliphatic heterocycles. The van der Waals surface area contributed by atoms with Crippen LogP contribution in [0.5, 0.6) is 0 Å². The molecule has 0 unspecified atom stereocenters. The lowest BCUT2D eigenvalue weighted by Gasteiger charge is -1.90. The van der Waals surface area contributed by atoms with Crippen LogP contribution >= 0.6 is 11.6 Å². The summed E-state index contributed by atoms with van der Waals surface area (Å²) in [5, 5.41) is -0.542. The Hall–Kier alpha value is -1.15. The normalized spacial score (nSPS) is 10.5. The van der Waals surface area contributed by atoms with Gasteiger partial charge in [0, 0.05) is 0 Å². The molecule has 0 spiro atoms. The predicted octanol–water partition coefficient (Wildman–Crippen LogP) is 2.60. The molecule has 0 amide bonds. The SMILES string of the molecule is O=C(Cl)/C=C\c1ccc(F)cc1. The van der Waals surface area contributed by atoms with Gasteiger partial charge in [-0.2, -0.15) is 0 Å². The van der Waals surface area contributed by atoms with Crippen molar-refractivity contribution >= 4 is 22.9 Å². The van der Waals surface area contributed by atoms with Gasteiger partial charge in [-0.1, -0.05) is 18.2 Å². The highest BCUT2D eigenvalue weighted by Crippen LogP contribution is 2.04. The van der Waals surface area contributed by atoms with E-state index in [0.717, 1.165) is 5.56 Å². The predicted molar refractivity (Wildman–Crippen MR) is 46.3 cm³/mol. The van der Waals surface area contributed by atoms with E-state index >= 15 is 0 Å². The van der Waals surface area contributed by atoms with Crippen LogP contribution in [0.2, 0.25) is 0 Å². The zero-order valence-corrected chi connectivity index (χ0v) is 6.88. The Morgan fingerprint density at radius 1 is 1.33 bits per heavy atom. The smallest absolute Gasteiger partial charge is 0.245 e. The maximum atomic E-state index is 12.4. The van der Waals surface area contributed by atoms with Gasteiger partial charge in [-0.25, -0.2) is 4.39 Å². The monoisotopic (exact) mass is 184 g/mol. The highest BCUT2D eigenvalue weighted by atomic mass is 35.5. The fraction of sp³-hybridized carbons (Fsp3) is 0. The molecule has 3 heteroatoms. The van der Waals surface area contributed by atoms with Gasteiger partial charge >= 0.3 is 0 Å². The molecular weight excluding hydrogens is 179 g/mol. The van der Waals surface area contributed by atoms with Gasteiger partial charge in [0.15, 0.2) is 0 Å². The molecule has 0 heterocycles. The van der Waals surface area contributed by atoms with Crippen molar-refractivity contribution in [2.24, 2.45) is 0 Å². The van der Waals surface area contributed by atoms with Gasteiger partial charge in [-0.05, 0) is 35.4 Å². The Balaban J connectivity index is 2.77. The van der Waals surface area contributed by atoms with Crippen LogP contribution in [-0.4, -0.2) is 5.24 Å². The largest absolute Gasteiger partial charge is 0.276 e. The van der Waals surface area contributed by atoms with Crippen molar-refractivity contribution in [2.45, 2.75) is 0 Å². The first-order valence-electron chi connectivity index (χ1n) is 3.31. The van der Waals surface area contributed by atoms with Crippen LogP contribution in [0, 0.1) is 5.82 Å². The van der Waals surface area contributed by atoms with E-state index in [1.54, 1.807) is 12.1 Å². The molecule has 0 radical (unpaired) electrons. The van der Waals surface area contributed by atoms with E-state index in [9.17, 15) is 9.18 Å². The Morgan fingerprint density at radius 2 is 1.92 bits per heavy atom. The van der Waals surface area contributed by atoms with Crippen LogP contribution < -0.4 is 0 Å². The number of benzene rings is 1. The summed E-state index contributed by atoms with van der Waals surface area (Å²) >= 11 is 5.06. The average molecular weight is 185 g/mol. The van der Waals surface area contributed by atoms with Gasteiger partial charge < -0.3 is 0 Å². The van der Waals surface area contributed by atoms with E-state index in [2.05, 4.69) is 0 Å². The minimum absolute atomic E-state index is 0.302. The first kappa shape index (κ1) is 8.94. The van der Waals surface area contributed by atoms with Crippen LogP contribution in [-0.2, 0) is 4.79 Å². The van der Waals surface area contributed by atoms with Gasteiger partial charge in [0.2, 0.25) is 5.24 Å². The maximum Gasteiger partial charge on any atom is 0.245 e. The second kappa shape index (κ2) is 4.02. The van der Waals surface area contributed by atoms with Crippen LogP contribution in [0.3, 0.4) is 0 Å². The first-order chi connectivity index (χ1) is 5.68. The lowest BCUT2D eigenvalue weighted by atomic mass is 10.2. The number of rotatable bonds is 2. The molecular formula is C9H6ClFO. The summed E-state index contributed by atoms with van der Waals surface area (Å²) in [5.74, 6) is -0.302. The average Bonchev–Trinajstić information content (AvgIpc) is 2.03. The number of hydrogen-bond acceptors (Lipinski definition) is 1. The summed E-state index contributed by atoms with van der Waals surface area (Å²) < 4.78 is 12.4. The van der Waals surface area contributed by atoms with E-state index in [0.29, 0.717) is 0 Å². The summed E-state index contributed by atoms with van der Waals surface area (Å²) in [5.41, 5.74) is 0.741. The fourth-order valence-electron chi connectivity index (χ4n) is 0.736. The molecule has 0 fully saturated rings. The molecule has 1 aromatic carbocycles. The Labute approximate surface area is 74.5 Å². The van der Waals surface area contributed by atoms with Crippen molar-refractivity contribution < 1.29 is 9.18 Å². The standard InChI is InChI=1S/C9H6ClFO/c10-9(12)6-3-7-1-4-8(11)5-2-7/h1-6H/b6-3-. The van der Waals surface area contributed by atoms with Gasteiger partial charge in [0.25, 0.3) is 0 Å². The quantitative estimate of drug-likeness (QED) is 0.510. The molecule has 1 nitrogen and oxygen atoms in total. The fourth-order valence-corrected chi connectivity index (χ4v) is 0.799. The molecule has 0 aromatic heterocycles. The highest BCUT2D eigenvalue weighted by molar-refractivity contribution is 6.66. The van der Waals surface area contributed by atoms with E-state index in [-0.39, 0.29) is 5.82 Å². The second-order valence-corrected chi connectivity index (χ2v) is 2.56. The number of carbonyl (C=O) groups excluding carboxylic acids is 1. The topological polar surface area (TPSA) is 17.1 Å². The molecule has 0 saturated carbocycles. The van der Waals surface area contributed by atoms with Gasteiger partial charge in [0.1, 0.15) is 5.82 Å². The van der Waals surface area contributed by atoms with Crippen molar-refractivity contribution in [3.05, 3.63) is 41.7 Å². The molecule has 0 saturated heterocycles. The second-order valence-electron chi connectivity index (χ2n) is 2.19. The van der Waals surface area contributed by atoms with E-state index in [1.807, 2.05) is 0 Å². The summed E-state index contributed by atoms with van der Waals surface area (Å²) in [6.45, 7) is 0. The lowest BCUT2D eigenvalue weighted by Crippen LogP contribution is -1.77. The molecule has 0 N–H and O–H groups in total. The van der Waals surface area contributed by atoms with Crippen LogP contribution in [0.25, 0.3) is 6.08 Å². The molecule has 0 aliphatic rings. The zero-order valence-electron chi connectivity index (χ0n) is 6.13. The van der Waals surface area contributed by atoms with Crippen LogP contribution in [0.15, 0.2) is 30.3 Å². The van der Waals surface area contributed by atoms with Crippen molar-refractivity contribution in [3.8, 4) is 0 Å². The van der Waals surface area contributed by atoms with E-state index in [1.165, 1.54) is 24.3 Å². The third kappa shape index (κ3) is 2.84. The third-order valence-electron chi connectivity index (χ3n) is 1.28. The summed E-state index contributed by atoms with van der Waals surface area (Å²) in [4.78, 5) is 10.3.